The molecule has 0 bridgehead atoms. The van der Waals surface area contributed by atoms with E-state index in [0.29, 0.717) is 10.2 Å². The van der Waals surface area contributed by atoms with Crippen LogP contribution in [-0.4, -0.2) is 24.3 Å². The minimum absolute atomic E-state index is 0.0613. The van der Waals surface area contributed by atoms with Crippen LogP contribution in [0.15, 0.2) is 61.4 Å². The van der Waals surface area contributed by atoms with Crippen molar-refractivity contribution in [1.29, 1.82) is 0 Å². The quantitative estimate of drug-likeness (QED) is 0.415. The van der Waals surface area contributed by atoms with Gasteiger partial charge in [-0.1, -0.05) is 17.7 Å². The monoisotopic (exact) mass is 512 g/mol. The lowest BCUT2D eigenvalue weighted by molar-refractivity contribution is 0.102. The molecule has 3 aromatic rings. The Morgan fingerprint density at radius 1 is 1.07 bits per heavy atom. The molecule has 4 N–H and O–H groups in total. The van der Waals surface area contributed by atoms with Crippen molar-refractivity contribution in [3.05, 3.63) is 84.1 Å². The zero-order chi connectivity index (χ0) is 22.1. The molecule has 1 heterocycles. The fourth-order valence-corrected chi connectivity index (χ4v) is 4.57. The van der Waals surface area contributed by atoms with Crippen LogP contribution >= 0.6 is 27.5 Å². The van der Waals surface area contributed by atoms with Gasteiger partial charge < -0.3 is 10.3 Å². The van der Waals surface area contributed by atoms with Gasteiger partial charge in [0, 0.05) is 16.2 Å². The van der Waals surface area contributed by atoms with Crippen LogP contribution in [0.1, 0.15) is 16.1 Å². The van der Waals surface area contributed by atoms with Crippen LogP contribution in [0.2, 0.25) is 5.02 Å². The molecule has 0 saturated carbocycles. The number of carbonyl (C=O) groups excluding carboxylic acids is 1. The van der Waals surface area contributed by atoms with E-state index in [1.54, 1.807) is 12.1 Å². The number of carbonyl (C=O) groups is 1. The standard InChI is InChI=1S/C18H14BrClN4O5S/c1-9-2-4-11(19)13(6-9)24-30(28,29)15-7-10(3-5-12(15)20)21-17(26)14-8-16(25)23-18(27)22-14/h2-8,24H,1H3,(H,21,26)(H2,22,23,25,27). The predicted octanol–water partition coefficient (Wildman–Crippen LogP) is 2.84. The average molecular weight is 514 g/mol. The summed E-state index contributed by atoms with van der Waals surface area (Å²) in [7, 11) is -4.10. The van der Waals surface area contributed by atoms with Crippen LogP contribution in [-0.2, 0) is 10.0 Å². The molecule has 0 fully saturated rings. The summed E-state index contributed by atoms with van der Waals surface area (Å²) < 4.78 is 28.7. The molecule has 1 amide bonds. The van der Waals surface area contributed by atoms with Crippen molar-refractivity contribution in [3.63, 3.8) is 0 Å². The third-order valence-electron chi connectivity index (χ3n) is 3.85. The number of rotatable bonds is 5. The summed E-state index contributed by atoms with van der Waals surface area (Å²) in [5.74, 6) is -0.807. The van der Waals surface area contributed by atoms with E-state index < -0.39 is 27.2 Å². The Labute approximate surface area is 183 Å². The largest absolute Gasteiger partial charge is 0.326 e. The van der Waals surface area contributed by atoms with Crippen molar-refractivity contribution >= 4 is 54.8 Å². The van der Waals surface area contributed by atoms with E-state index >= 15 is 0 Å². The number of sulfonamides is 1. The SMILES string of the molecule is Cc1ccc(Br)c(NS(=O)(=O)c2cc(NC(=O)c3cc(=O)[nH]c(=O)[nH]3)ccc2Cl)c1. The number of aryl methyl sites for hydroxylation is 1. The Morgan fingerprint density at radius 2 is 1.80 bits per heavy atom. The number of aromatic nitrogens is 2. The highest BCUT2D eigenvalue weighted by Crippen LogP contribution is 2.30. The number of hydrogen-bond acceptors (Lipinski definition) is 5. The molecule has 0 aliphatic rings. The molecule has 0 atom stereocenters. The van der Waals surface area contributed by atoms with Gasteiger partial charge in [-0.3, -0.25) is 19.3 Å². The number of anilines is 2. The van der Waals surface area contributed by atoms with Gasteiger partial charge in [-0.05, 0) is 58.7 Å². The lowest BCUT2D eigenvalue weighted by atomic mass is 10.2. The van der Waals surface area contributed by atoms with E-state index in [-0.39, 0.29) is 21.3 Å². The van der Waals surface area contributed by atoms with Gasteiger partial charge in [-0.15, -0.1) is 0 Å². The minimum atomic E-state index is -4.10. The third kappa shape index (κ3) is 4.99. The number of halogens is 2. The molecule has 9 nitrogen and oxygen atoms in total. The Kier molecular flexibility index (Phi) is 6.15. The normalized spacial score (nSPS) is 11.2. The summed E-state index contributed by atoms with van der Waals surface area (Å²) in [6.45, 7) is 1.81. The number of hydrogen-bond donors (Lipinski definition) is 4. The van der Waals surface area contributed by atoms with Crippen molar-refractivity contribution in [2.45, 2.75) is 11.8 Å². The van der Waals surface area contributed by atoms with Crippen LogP contribution < -0.4 is 21.3 Å². The predicted molar refractivity (Wildman–Crippen MR) is 117 cm³/mol. The smallest absolute Gasteiger partial charge is 0.321 e. The first-order valence-corrected chi connectivity index (χ1v) is 10.9. The Morgan fingerprint density at radius 3 is 2.50 bits per heavy atom. The zero-order valence-corrected chi connectivity index (χ0v) is 18.4. The second-order valence-electron chi connectivity index (χ2n) is 6.19. The summed E-state index contributed by atoms with van der Waals surface area (Å²) in [5, 5.41) is 2.35. The molecular weight excluding hydrogens is 500 g/mol. The molecule has 3 rings (SSSR count). The molecule has 0 unspecified atom stereocenters. The van der Waals surface area contributed by atoms with Crippen LogP contribution in [0, 0.1) is 6.92 Å². The van der Waals surface area contributed by atoms with Crippen LogP contribution in [0.25, 0.3) is 0 Å². The molecule has 2 aromatic carbocycles. The lowest BCUT2D eigenvalue weighted by Crippen LogP contribution is -2.27. The third-order valence-corrected chi connectivity index (χ3v) is 6.39. The molecular formula is C18H14BrClN4O5S. The van der Waals surface area contributed by atoms with Gasteiger partial charge in [0.15, 0.2) is 0 Å². The summed E-state index contributed by atoms with van der Waals surface area (Å²) in [6.07, 6.45) is 0. The molecule has 0 radical (unpaired) electrons. The maximum Gasteiger partial charge on any atom is 0.326 e. The lowest BCUT2D eigenvalue weighted by Gasteiger charge is -2.13. The molecule has 0 aliphatic heterocycles. The van der Waals surface area contributed by atoms with Gasteiger partial charge in [0.1, 0.15) is 10.6 Å². The van der Waals surface area contributed by atoms with Crippen LogP contribution in [0.5, 0.6) is 0 Å². The molecule has 0 saturated heterocycles. The summed E-state index contributed by atoms with van der Waals surface area (Å²) >= 11 is 9.36. The van der Waals surface area contributed by atoms with Crippen molar-refractivity contribution in [2.24, 2.45) is 0 Å². The van der Waals surface area contributed by atoms with Crippen molar-refractivity contribution in [2.75, 3.05) is 10.0 Å². The maximum absolute atomic E-state index is 12.9. The number of benzene rings is 2. The molecule has 30 heavy (non-hydrogen) atoms. The van der Waals surface area contributed by atoms with Gasteiger partial charge in [-0.25, -0.2) is 13.2 Å². The number of amides is 1. The fourth-order valence-electron chi connectivity index (χ4n) is 2.49. The zero-order valence-electron chi connectivity index (χ0n) is 15.2. The van der Waals surface area contributed by atoms with Gasteiger partial charge >= 0.3 is 5.69 Å². The summed E-state index contributed by atoms with van der Waals surface area (Å²) in [5.41, 5.74) is -0.633. The van der Waals surface area contributed by atoms with E-state index in [2.05, 4.69) is 31.0 Å². The number of aromatic amines is 2. The highest BCUT2D eigenvalue weighted by molar-refractivity contribution is 9.10. The molecule has 12 heteroatoms. The molecule has 1 aromatic heterocycles. The molecule has 0 aliphatic carbocycles. The fraction of sp³-hybridized carbons (Fsp3) is 0.0556. The van der Waals surface area contributed by atoms with E-state index in [9.17, 15) is 22.8 Å². The molecule has 156 valence electrons. The highest BCUT2D eigenvalue weighted by atomic mass is 79.9. The minimum Gasteiger partial charge on any atom is -0.321 e. The van der Waals surface area contributed by atoms with Gasteiger partial charge in [-0.2, -0.15) is 0 Å². The topological polar surface area (TPSA) is 141 Å². The van der Waals surface area contributed by atoms with Gasteiger partial charge in [0.05, 0.1) is 10.7 Å². The van der Waals surface area contributed by atoms with E-state index in [4.69, 9.17) is 11.6 Å². The first-order valence-electron chi connectivity index (χ1n) is 8.29. The summed E-state index contributed by atoms with van der Waals surface area (Å²) in [4.78, 5) is 38.8. The van der Waals surface area contributed by atoms with E-state index in [1.165, 1.54) is 12.1 Å². The van der Waals surface area contributed by atoms with E-state index in [1.807, 2.05) is 18.0 Å². The number of H-pyrrole nitrogens is 2. The second kappa shape index (κ2) is 8.46. The van der Waals surface area contributed by atoms with E-state index in [0.717, 1.165) is 17.7 Å². The Hall–Kier alpha value is -2.89. The molecule has 0 spiro atoms. The Balaban J connectivity index is 1.92. The van der Waals surface area contributed by atoms with Gasteiger partial charge in [0.25, 0.3) is 21.5 Å². The first kappa shape index (κ1) is 21.8. The van der Waals surface area contributed by atoms with Crippen LogP contribution in [0.3, 0.4) is 0 Å². The van der Waals surface area contributed by atoms with Crippen molar-refractivity contribution < 1.29 is 13.2 Å². The van der Waals surface area contributed by atoms with Crippen molar-refractivity contribution in [3.8, 4) is 0 Å². The highest BCUT2D eigenvalue weighted by Gasteiger charge is 2.21. The second-order valence-corrected chi connectivity index (χ2v) is 9.10. The van der Waals surface area contributed by atoms with Crippen molar-refractivity contribution in [1.82, 2.24) is 9.97 Å². The average Bonchev–Trinajstić information content (AvgIpc) is 2.65. The summed E-state index contributed by atoms with van der Waals surface area (Å²) in [6, 6.07) is 9.91. The van der Waals surface area contributed by atoms with Gasteiger partial charge in [0.2, 0.25) is 0 Å². The Bertz CT molecular complexity index is 1340. The number of nitrogens with one attached hydrogen (secondary N) is 4. The van der Waals surface area contributed by atoms with Crippen LogP contribution in [0.4, 0.5) is 11.4 Å². The maximum atomic E-state index is 12.9. The first-order chi connectivity index (χ1) is 14.0.